The summed E-state index contributed by atoms with van der Waals surface area (Å²) in [5.41, 5.74) is 0.0552. The monoisotopic (exact) mass is 435 g/mol. The highest BCUT2D eigenvalue weighted by Gasteiger charge is 2.43. The zero-order valence-corrected chi connectivity index (χ0v) is 19.0. The Labute approximate surface area is 179 Å². The van der Waals surface area contributed by atoms with Crippen molar-refractivity contribution in [2.24, 2.45) is 0 Å². The van der Waals surface area contributed by atoms with Crippen LogP contribution < -0.4 is 10.0 Å². The zero-order chi connectivity index (χ0) is 21.9. The average molecular weight is 436 g/mol. The first-order valence-electron chi connectivity index (χ1n) is 11.0. The molecular weight excluding hydrogens is 402 g/mol. The molecule has 0 radical (unpaired) electrons. The first-order valence-corrected chi connectivity index (χ1v) is 12.5. The normalized spacial score (nSPS) is 18.6. The molecule has 0 unspecified atom stereocenters. The third-order valence-corrected chi connectivity index (χ3v) is 7.70. The number of rotatable bonds is 8. The lowest BCUT2D eigenvalue weighted by Gasteiger charge is -2.40. The molecule has 1 aromatic carbocycles. The van der Waals surface area contributed by atoms with Crippen LogP contribution in [0.25, 0.3) is 0 Å². The SMILES string of the molecule is CCN(CC)C(=O)C1(NC(=O)c2cc(S(=O)(=O)NC3CC3)ccc2C)CCCCC1. The van der Waals surface area contributed by atoms with Crippen molar-refractivity contribution < 1.29 is 18.0 Å². The summed E-state index contributed by atoms with van der Waals surface area (Å²) in [6.45, 7) is 6.83. The smallest absolute Gasteiger partial charge is 0.252 e. The zero-order valence-electron chi connectivity index (χ0n) is 18.2. The van der Waals surface area contributed by atoms with Gasteiger partial charge in [0.25, 0.3) is 5.91 Å². The van der Waals surface area contributed by atoms with Crippen LogP contribution in [0.15, 0.2) is 23.1 Å². The summed E-state index contributed by atoms with van der Waals surface area (Å²) >= 11 is 0. The second-order valence-corrected chi connectivity index (χ2v) is 10.2. The minimum atomic E-state index is -3.66. The van der Waals surface area contributed by atoms with Gasteiger partial charge in [-0.3, -0.25) is 9.59 Å². The molecule has 8 heteroatoms. The second-order valence-electron chi connectivity index (χ2n) is 8.45. The number of amides is 2. The number of aryl methyl sites for hydroxylation is 1. The van der Waals surface area contributed by atoms with Crippen molar-refractivity contribution in [3.8, 4) is 0 Å². The van der Waals surface area contributed by atoms with Crippen molar-refractivity contribution in [2.45, 2.75) is 82.2 Å². The molecule has 2 saturated carbocycles. The predicted molar refractivity (Wildman–Crippen MR) is 116 cm³/mol. The van der Waals surface area contributed by atoms with Gasteiger partial charge in [-0.1, -0.05) is 25.3 Å². The Kier molecular flexibility index (Phi) is 6.87. The van der Waals surface area contributed by atoms with Crippen molar-refractivity contribution in [3.63, 3.8) is 0 Å². The van der Waals surface area contributed by atoms with Gasteiger partial charge in [0.2, 0.25) is 15.9 Å². The summed E-state index contributed by atoms with van der Waals surface area (Å²) in [4.78, 5) is 28.4. The molecule has 0 spiro atoms. The standard InChI is InChI=1S/C22H33N3O4S/c1-4-25(5-2)21(27)22(13-7-6-8-14-22)23-20(26)19-15-18(12-9-16(19)3)30(28,29)24-17-10-11-17/h9,12,15,17,24H,4-8,10-11,13-14H2,1-3H3,(H,23,26). The molecule has 2 amide bonds. The lowest BCUT2D eigenvalue weighted by atomic mass is 9.80. The minimum Gasteiger partial charge on any atom is -0.341 e. The van der Waals surface area contributed by atoms with E-state index in [0.29, 0.717) is 37.1 Å². The van der Waals surface area contributed by atoms with Crippen molar-refractivity contribution >= 4 is 21.8 Å². The van der Waals surface area contributed by atoms with E-state index in [9.17, 15) is 18.0 Å². The fourth-order valence-electron chi connectivity index (χ4n) is 4.15. The molecule has 2 aliphatic carbocycles. The first kappa shape index (κ1) is 22.7. The van der Waals surface area contributed by atoms with Crippen LogP contribution in [0.5, 0.6) is 0 Å². The van der Waals surface area contributed by atoms with E-state index in [-0.39, 0.29) is 16.8 Å². The molecule has 0 atom stereocenters. The Morgan fingerprint density at radius 2 is 1.73 bits per heavy atom. The van der Waals surface area contributed by atoms with Crippen LogP contribution in [-0.2, 0) is 14.8 Å². The number of nitrogens with zero attached hydrogens (tertiary/aromatic N) is 1. The summed E-state index contributed by atoms with van der Waals surface area (Å²) < 4.78 is 27.8. The van der Waals surface area contributed by atoms with Crippen LogP contribution in [0.3, 0.4) is 0 Å². The molecule has 0 saturated heterocycles. The minimum absolute atomic E-state index is 0.00854. The van der Waals surface area contributed by atoms with E-state index < -0.39 is 21.5 Å². The lowest BCUT2D eigenvalue weighted by Crippen LogP contribution is -2.60. The largest absolute Gasteiger partial charge is 0.341 e. The average Bonchev–Trinajstić information content (AvgIpc) is 3.53. The Balaban J connectivity index is 1.88. The molecule has 0 heterocycles. The summed E-state index contributed by atoms with van der Waals surface area (Å²) in [6, 6.07) is 4.59. The van der Waals surface area contributed by atoms with Gasteiger partial charge in [0.15, 0.2) is 0 Å². The highest BCUT2D eigenvalue weighted by atomic mass is 32.2. The third kappa shape index (κ3) is 4.86. The summed E-state index contributed by atoms with van der Waals surface area (Å²) in [5.74, 6) is -0.434. The van der Waals surface area contributed by atoms with E-state index in [1.54, 1.807) is 17.9 Å². The maximum Gasteiger partial charge on any atom is 0.252 e. The third-order valence-electron chi connectivity index (χ3n) is 6.18. The van der Waals surface area contributed by atoms with Gasteiger partial charge in [-0.2, -0.15) is 0 Å². The van der Waals surface area contributed by atoms with Crippen molar-refractivity contribution in [2.75, 3.05) is 13.1 Å². The Morgan fingerprint density at radius 3 is 2.30 bits per heavy atom. The molecule has 2 fully saturated rings. The molecule has 2 aliphatic rings. The molecule has 0 aliphatic heterocycles. The molecule has 0 bridgehead atoms. The second kappa shape index (κ2) is 9.06. The van der Waals surface area contributed by atoms with E-state index in [4.69, 9.17) is 0 Å². The molecule has 1 aromatic rings. The van der Waals surface area contributed by atoms with Gasteiger partial charge in [-0.15, -0.1) is 0 Å². The van der Waals surface area contributed by atoms with Crippen LogP contribution >= 0.6 is 0 Å². The van der Waals surface area contributed by atoms with Crippen LogP contribution in [0, 0.1) is 6.92 Å². The number of likely N-dealkylation sites (N-methyl/N-ethyl adjacent to an activating group) is 1. The maximum absolute atomic E-state index is 13.3. The quantitative estimate of drug-likeness (QED) is 0.656. The van der Waals surface area contributed by atoms with Crippen molar-refractivity contribution in [1.29, 1.82) is 0 Å². The van der Waals surface area contributed by atoms with Crippen LogP contribution in [0.4, 0.5) is 0 Å². The fraction of sp³-hybridized carbons (Fsp3) is 0.636. The topological polar surface area (TPSA) is 95.6 Å². The van der Waals surface area contributed by atoms with E-state index in [0.717, 1.165) is 32.1 Å². The van der Waals surface area contributed by atoms with Gasteiger partial charge in [-0.25, -0.2) is 13.1 Å². The van der Waals surface area contributed by atoms with E-state index in [1.165, 1.54) is 12.1 Å². The summed E-state index contributed by atoms with van der Waals surface area (Å²) in [6.07, 6.45) is 5.70. The fourth-order valence-corrected chi connectivity index (χ4v) is 5.48. The van der Waals surface area contributed by atoms with Gasteiger partial charge in [0.1, 0.15) is 5.54 Å². The number of carbonyl (C=O) groups excluding carboxylic acids is 2. The van der Waals surface area contributed by atoms with Crippen LogP contribution in [-0.4, -0.2) is 49.8 Å². The Bertz CT molecular complexity index is 899. The van der Waals surface area contributed by atoms with Gasteiger partial charge < -0.3 is 10.2 Å². The van der Waals surface area contributed by atoms with Gasteiger partial charge in [0.05, 0.1) is 4.90 Å². The number of hydrogen-bond acceptors (Lipinski definition) is 4. The molecule has 166 valence electrons. The Hall–Kier alpha value is -1.93. The highest BCUT2D eigenvalue weighted by Crippen LogP contribution is 2.31. The Morgan fingerprint density at radius 1 is 1.10 bits per heavy atom. The van der Waals surface area contributed by atoms with Gasteiger partial charge in [-0.05, 0) is 64.2 Å². The van der Waals surface area contributed by atoms with E-state index in [2.05, 4.69) is 10.0 Å². The lowest BCUT2D eigenvalue weighted by molar-refractivity contribution is -0.139. The number of sulfonamides is 1. The van der Waals surface area contributed by atoms with Crippen molar-refractivity contribution in [3.05, 3.63) is 29.3 Å². The van der Waals surface area contributed by atoms with Crippen LogP contribution in [0.2, 0.25) is 0 Å². The molecule has 30 heavy (non-hydrogen) atoms. The summed E-state index contributed by atoms with van der Waals surface area (Å²) in [5, 5.41) is 3.02. The number of nitrogens with one attached hydrogen (secondary N) is 2. The number of benzene rings is 1. The first-order chi connectivity index (χ1) is 14.2. The molecular formula is C22H33N3O4S. The van der Waals surface area contributed by atoms with Gasteiger partial charge in [0, 0.05) is 24.7 Å². The molecule has 7 nitrogen and oxygen atoms in total. The molecule has 3 rings (SSSR count). The van der Waals surface area contributed by atoms with Gasteiger partial charge >= 0.3 is 0 Å². The molecule has 0 aromatic heterocycles. The van der Waals surface area contributed by atoms with E-state index in [1.807, 2.05) is 13.8 Å². The number of carbonyl (C=O) groups is 2. The van der Waals surface area contributed by atoms with E-state index >= 15 is 0 Å². The number of hydrogen-bond donors (Lipinski definition) is 2. The highest BCUT2D eigenvalue weighted by molar-refractivity contribution is 7.89. The summed E-state index contributed by atoms with van der Waals surface area (Å²) in [7, 11) is -3.66. The maximum atomic E-state index is 13.3. The predicted octanol–water partition coefficient (Wildman–Crippen LogP) is 2.74. The van der Waals surface area contributed by atoms with Crippen LogP contribution in [0.1, 0.15) is 74.7 Å². The molecule has 2 N–H and O–H groups in total. The van der Waals surface area contributed by atoms with Crippen molar-refractivity contribution in [1.82, 2.24) is 14.9 Å².